The second-order valence-corrected chi connectivity index (χ2v) is 10.3. The van der Waals surface area contributed by atoms with E-state index < -0.39 is 10.1 Å². The molecule has 1 aliphatic carbocycles. The lowest BCUT2D eigenvalue weighted by Crippen LogP contribution is -2.35. The van der Waals surface area contributed by atoms with Gasteiger partial charge in [0.15, 0.2) is 0 Å². The number of anilines is 1. The minimum absolute atomic E-state index is 0.0873. The van der Waals surface area contributed by atoms with Gasteiger partial charge in [-0.25, -0.2) is 4.39 Å². The van der Waals surface area contributed by atoms with Gasteiger partial charge in [-0.3, -0.25) is 14.1 Å². The van der Waals surface area contributed by atoms with E-state index in [0.717, 1.165) is 55.0 Å². The van der Waals surface area contributed by atoms with Gasteiger partial charge in [0, 0.05) is 35.7 Å². The van der Waals surface area contributed by atoms with E-state index in [1.807, 2.05) is 6.92 Å². The van der Waals surface area contributed by atoms with Crippen LogP contribution in [0.25, 0.3) is 11.1 Å². The molecule has 11 heteroatoms. The standard InChI is InChI=1S/C24H29FN4O2.CH4O3S/c1-4-29(5-2)12-11-26-23(30)20-14(3)27-22-16(20)7-6-8-17(22)21-18-13-15(25)9-10-19(18)28-24(21)31;1-5(2,3)4/h9-10,13,27H,4-8,11-12H2,1-3H3,(H,26,30)(H,28,31);1H3,(H,2,3,4)/b21-17-;. The summed E-state index contributed by atoms with van der Waals surface area (Å²) in [5, 5.41) is 5.88. The van der Waals surface area contributed by atoms with Crippen LogP contribution in [0.3, 0.4) is 0 Å². The molecule has 0 bridgehead atoms. The third kappa shape index (κ3) is 6.40. The number of likely N-dealkylation sites (N-methyl/N-ethyl adjacent to an activating group) is 1. The molecule has 196 valence electrons. The molecule has 36 heavy (non-hydrogen) atoms. The van der Waals surface area contributed by atoms with E-state index in [1.54, 1.807) is 6.07 Å². The van der Waals surface area contributed by atoms with Crippen LogP contribution in [-0.4, -0.2) is 67.1 Å². The third-order valence-corrected chi connectivity index (χ3v) is 6.31. The van der Waals surface area contributed by atoms with E-state index in [-0.39, 0.29) is 17.6 Å². The number of rotatable bonds is 6. The van der Waals surface area contributed by atoms with Crippen molar-refractivity contribution in [1.29, 1.82) is 0 Å². The van der Waals surface area contributed by atoms with Crippen molar-refractivity contribution < 1.29 is 27.0 Å². The van der Waals surface area contributed by atoms with Gasteiger partial charge < -0.3 is 20.5 Å². The van der Waals surface area contributed by atoms with Gasteiger partial charge in [-0.05, 0) is 68.6 Å². The van der Waals surface area contributed by atoms with Gasteiger partial charge in [0.25, 0.3) is 21.9 Å². The highest BCUT2D eigenvalue weighted by Crippen LogP contribution is 2.43. The molecule has 2 aliphatic rings. The average molecular weight is 521 g/mol. The molecule has 1 aliphatic heterocycles. The van der Waals surface area contributed by atoms with E-state index in [4.69, 9.17) is 4.55 Å². The fraction of sp³-hybridized carbons (Fsp3) is 0.440. The number of aryl methyl sites for hydroxylation is 1. The van der Waals surface area contributed by atoms with Crippen molar-refractivity contribution >= 4 is 38.8 Å². The average Bonchev–Trinajstić information content (AvgIpc) is 3.30. The van der Waals surface area contributed by atoms with Crippen LogP contribution in [-0.2, 0) is 21.3 Å². The zero-order chi connectivity index (χ0) is 26.6. The molecule has 4 rings (SSSR count). The number of nitrogens with zero attached hydrogens (tertiary/aromatic N) is 1. The van der Waals surface area contributed by atoms with E-state index >= 15 is 0 Å². The lowest BCUT2D eigenvalue weighted by Gasteiger charge is -2.19. The summed E-state index contributed by atoms with van der Waals surface area (Å²) in [5.41, 5.74) is 5.82. The number of amides is 2. The molecule has 0 fully saturated rings. The Bertz CT molecular complexity index is 1290. The monoisotopic (exact) mass is 520 g/mol. The maximum atomic E-state index is 13.9. The van der Waals surface area contributed by atoms with Gasteiger partial charge in [-0.1, -0.05) is 13.8 Å². The molecule has 0 atom stereocenters. The number of allylic oxidation sites excluding steroid dienone is 1. The van der Waals surface area contributed by atoms with E-state index in [1.165, 1.54) is 12.1 Å². The molecule has 0 saturated heterocycles. The minimum Gasteiger partial charge on any atom is -0.358 e. The number of halogens is 1. The first-order valence-electron chi connectivity index (χ1n) is 11.9. The summed E-state index contributed by atoms with van der Waals surface area (Å²) in [6.07, 6.45) is 3.02. The highest BCUT2D eigenvalue weighted by atomic mass is 32.2. The molecule has 0 saturated carbocycles. The lowest BCUT2D eigenvalue weighted by molar-refractivity contribution is -0.110. The molecule has 2 heterocycles. The Kier molecular flexibility index (Phi) is 8.70. The summed E-state index contributed by atoms with van der Waals surface area (Å²) in [6, 6.07) is 4.34. The van der Waals surface area contributed by atoms with Crippen molar-refractivity contribution in [1.82, 2.24) is 15.2 Å². The number of nitrogens with one attached hydrogen (secondary N) is 3. The van der Waals surface area contributed by atoms with Crippen molar-refractivity contribution in [3.05, 3.63) is 52.1 Å². The van der Waals surface area contributed by atoms with Crippen molar-refractivity contribution in [3.63, 3.8) is 0 Å². The first-order valence-corrected chi connectivity index (χ1v) is 13.8. The maximum absolute atomic E-state index is 13.9. The van der Waals surface area contributed by atoms with Crippen LogP contribution >= 0.6 is 0 Å². The second kappa shape index (κ2) is 11.4. The Morgan fingerprint density at radius 2 is 1.89 bits per heavy atom. The van der Waals surface area contributed by atoms with Gasteiger partial charge in [-0.15, -0.1) is 0 Å². The number of fused-ring (bicyclic) bond motifs is 2. The molecule has 0 unspecified atom stereocenters. The Hall–Kier alpha value is -3.02. The predicted molar refractivity (Wildman–Crippen MR) is 138 cm³/mol. The number of carbonyl (C=O) groups excluding carboxylic acids is 2. The van der Waals surface area contributed by atoms with Crippen molar-refractivity contribution in [2.45, 2.75) is 40.0 Å². The van der Waals surface area contributed by atoms with Crippen LogP contribution < -0.4 is 10.6 Å². The van der Waals surface area contributed by atoms with Crippen LogP contribution in [0.2, 0.25) is 0 Å². The molecule has 1 aromatic heterocycles. The number of aromatic nitrogens is 1. The van der Waals surface area contributed by atoms with Crippen LogP contribution in [0.15, 0.2) is 18.2 Å². The quantitative estimate of drug-likeness (QED) is 0.342. The molecule has 1 aromatic carbocycles. The van der Waals surface area contributed by atoms with Gasteiger partial charge in [0.2, 0.25) is 0 Å². The zero-order valence-electron chi connectivity index (χ0n) is 21.0. The second-order valence-electron chi connectivity index (χ2n) is 8.85. The molecular formula is C25H33FN4O5S. The SMILES string of the molecule is CCN(CC)CCNC(=O)c1c(C)[nH]c2c1CCC/C2=C1/C(=O)Nc2ccc(F)cc21.CS(=O)(=O)O. The van der Waals surface area contributed by atoms with Crippen LogP contribution in [0, 0.1) is 12.7 Å². The number of hydrogen-bond acceptors (Lipinski definition) is 5. The first-order chi connectivity index (χ1) is 16.9. The first kappa shape index (κ1) is 27.6. The van der Waals surface area contributed by atoms with Gasteiger partial charge in [-0.2, -0.15) is 8.42 Å². The number of carbonyl (C=O) groups is 2. The molecule has 9 nitrogen and oxygen atoms in total. The molecule has 2 aromatic rings. The summed E-state index contributed by atoms with van der Waals surface area (Å²) >= 11 is 0. The highest BCUT2D eigenvalue weighted by Gasteiger charge is 2.33. The minimum atomic E-state index is -3.67. The molecule has 4 N–H and O–H groups in total. The fourth-order valence-corrected chi connectivity index (χ4v) is 4.70. The number of aromatic amines is 1. The van der Waals surface area contributed by atoms with Crippen molar-refractivity contribution in [3.8, 4) is 0 Å². The van der Waals surface area contributed by atoms with Crippen LogP contribution in [0.4, 0.5) is 10.1 Å². The maximum Gasteiger partial charge on any atom is 0.261 e. The fourth-order valence-electron chi connectivity index (χ4n) is 4.70. The molecule has 0 spiro atoms. The summed E-state index contributed by atoms with van der Waals surface area (Å²) in [5.74, 6) is -0.683. The van der Waals surface area contributed by atoms with E-state index in [2.05, 4.69) is 34.4 Å². The van der Waals surface area contributed by atoms with Crippen LogP contribution in [0.5, 0.6) is 0 Å². The van der Waals surface area contributed by atoms with Gasteiger partial charge in [0.1, 0.15) is 5.82 Å². The Morgan fingerprint density at radius 1 is 1.22 bits per heavy atom. The molecule has 0 radical (unpaired) electrons. The summed E-state index contributed by atoms with van der Waals surface area (Å²) < 4.78 is 39.8. The lowest BCUT2D eigenvalue weighted by atomic mass is 9.86. The Labute approximate surface area is 210 Å². The topological polar surface area (TPSA) is 132 Å². The van der Waals surface area contributed by atoms with Crippen molar-refractivity contribution in [2.75, 3.05) is 37.8 Å². The highest BCUT2D eigenvalue weighted by molar-refractivity contribution is 7.85. The third-order valence-electron chi connectivity index (χ3n) is 6.31. The summed E-state index contributed by atoms with van der Waals surface area (Å²) in [7, 11) is -3.67. The zero-order valence-corrected chi connectivity index (χ0v) is 21.8. The largest absolute Gasteiger partial charge is 0.358 e. The number of benzene rings is 1. The van der Waals surface area contributed by atoms with Gasteiger partial charge >= 0.3 is 0 Å². The molecule has 2 amide bonds. The van der Waals surface area contributed by atoms with E-state index in [0.29, 0.717) is 41.6 Å². The number of hydrogen-bond donors (Lipinski definition) is 4. The molecular weight excluding hydrogens is 487 g/mol. The predicted octanol–water partition coefficient (Wildman–Crippen LogP) is 3.24. The summed E-state index contributed by atoms with van der Waals surface area (Å²) in [6.45, 7) is 9.40. The summed E-state index contributed by atoms with van der Waals surface area (Å²) in [4.78, 5) is 31.4. The smallest absolute Gasteiger partial charge is 0.261 e. The van der Waals surface area contributed by atoms with Gasteiger partial charge in [0.05, 0.1) is 17.4 Å². The Balaban J connectivity index is 0.000000658. The van der Waals surface area contributed by atoms with Crippen molar-refractivity contribution in [2.24, 2.45) is 0 Å². The Morgan fingerprint density at radius 3 is 2.53 bits per heavy atom. The van der Waals surface area contributed by atoms with E-state index in [9.17, 15) is 22.4 Å². The normalized spacial score (nSPS) is 16.7. The number of H-pyrrole nitrogens is 1. The van der Waals surface area contributed by atoms with Crippen LogP contribution in [0.1, 0.15) is 59.6 Å².